The summed E-state index contributed by atoms with van der Waals surface area (Å²) in [6.45, 7) is 4.56. The van der Waals surface area contributed by atoms with Crippen molar-refractivity contribution < 1.29 is 9.84 Å². The van der Waals surface area contributed by atoms with Crippen molar-refractivity contribution in [1.82, 2.24) is 0 Å². The van der Waals surface area contributed by atoms with Crippen molar-refractivity contribution in [1.29, 1.82) is 0 Å². The zero-order chi connectivity index (χ0) is 12.1. The molecule has 0 aliphatic rings. The van der Waals surface area contributed by atoms with E-state index in [1.807, 2.05) is 12.1 Å². The van der Waals surface area contributed by atoms with Crippen LogP contribution in [0.1, 0.15) is 30.9 Å². The number of rotatable bonds is 5. The molecule has 0 spiro atoms. The molecule has 0 saturated carbocycles. The normalized spacial score (nSPS) is 12.9. The van der Waals surface area contributed by atoms with E-state index in [4.69, 9.17) is 10.5 Å². The minimum Gasteiger partial charge on any atom is -0.496 e. The number of benzene rings is 1. The quantitative estimate of drug-likeness (QED) is 0.798. The Morgan fingerprint density at radius 1 is 1.38 bits per heavy atom. The van der Waals surface area contributed by atoms with Gasteiger partial charge in [0, 0.05) is 13.0 Å². The molecule has 0 saturated heterocycles. The summed E-state index contributed by atoms with van der Waals surface area (Å²) >= 11 is 0. The molecule has 3 heteroatoms. The second kappa shape index (κ2) is 5.87. The fourth-order valence-electron chi connectivity index (χ4n) is 1.63. The van der Waals surface area contributed by atoms with E-state index < -0.39 is 6.10 Å². The fraction of sp³-hybridized carbons (Fsp3) is 0.538. The van der Waals surface area contributed by atoms with Gasteiger partial charge in [0.15, 0.2) is 0 Å². The van der Waals surface area contributed by atoms with Gasteiger partial charge in [-0.15, -0.1) is 0 Å². The monoisotopic (exact) mass is 223 g/mol. The van der Waals surface area contributed by atoms with Gasteiger partial charge in [-0.3, -0.25) is 0 Å². The van der Waals surface area contributed by atoms with E-state index in [0.717, 1.165) is 11.3 Å². The molecule has 0 bridgehead atoms. The molecule has 1 atom stereocenters. The van der Waals surface area contributed by atoms with E-state index in [1.165, 1.54) is 5.56 Å². The Bertz CT molecular complexity index is 337. The Morgan fingerprint density at radius 2 is 2.06 bits per heavy atom. The third-order valence-corrected chi connectivity index (χ3v) is 2.71. The van der Waals surface area contributed by atoms with E-state index in [1.54, 1.807) is 7.11 Å². The maximum atomic E-state index is 9.53. The maximum absolute atomic E-state index is 9.53. The van der Waals surface area contributed by atoms with Crippen LogP contribution in [-0.4, -0.2) is 24.9 Å². The number of hydrogen-bond donors (Lipinski definition) is 2. The molecule has 3 N–H and O–H groups in total. The first-order chi connectivity index (χ1) is 7.58. The third-order valence-electron chi connectivity index (χ3n) is 2.71. The van der Waals surface area contributed by atoms with E-state index >= 15 is 0 Å². The van der Waals surface area contributed by atoms with Crippen LogP contribution in [0.15, 0.2) is 18.2 Å². The van der Waals surface area contributed by atoms with Crippen LogP contribution >= 0.6 is 0 Å². The Morgan fingerprint density at radius 3 is 2.56 bits per heavy atom. The van der Waals surface area contributed by atoms with Gasteiger partial charge in [0.2, 0.25) is 0 Å². The average Bonchev–Trinajstić information content (AvgIpc) is 2.29. The molecule has 16 heavy (non-hydrogen) atoms. The molecular formula is C13H21NO2. The van der Waals surface area contributed by atoms with Gasteiger partial charge < -0.3 is 15.6 Å². The van der Waals surface area contributed by atoms with Gasteiger partial charge in [-0.1, -0.05) is 26.0 Å². The lowest BCUT2D eigenvalue weighted by Gasteiger charge is -2.14. The van der Waals surface area contributed by atoms with Crippen molar-refractivity contribution in [2.45, 2.75) is 32.3 Å². The maximum Gasteiger partial charge on any atom is 0.122 e. The van der Waals surface area contributed by atoms with Gasteiger partial charge in [0.25, 0.3) is 0 Å². The zero-order valence-corrected chi connectivity index (χ0v) is 10.2. The van der Waals surface area contributed by atoms with Crippen LogP contribution in [0.4, 0.5) is 0 Å². The molecule has 1 aromatic rings. The van der Waals surface area contributed by atoms with Crippen molar-refractivity contribution in [2.75, 3.05) is 13.7 Å². The molecule has 0 aliphatic heterocycles. The predicted octanol–water partition coefficient (Wildman–Crippen LogP) is 1.68. The lowest BCUT2D eigenvalue weighted by Crippen LogP contribution is -2.22. The van der Waals surface area contributed by atoms with Crippen LogP contribution in [-0.2, 0) is 6.42 Å². The Labute approximate surface area is 97.2 Å². The van der Waals surface area contributed by atoms with Crippen LogP contribution in [0.5, 0.6) is 5.75 Å². The second-order valence-electron chi connectivity index (χ2n) is 4.32. The smallest absolute Gasteiger partial charge is 0.122 e. The molecule has 0 radical (unpaired) electrons. The SMILES string of the molecule is COc1cc(C(C)C)ccc1CC(O)CN. The van der Waals surface area contributed by atoms with Crippen molar-refractivity contribution in [3.05, 3.63) is 29.3 Å². The molecule has 1 aromatic carbocycles. The molecule has 0 heterocycles. The van der Waals surface area contributed by atoms with Gasteiger partial charge in [0.1, 0.15) is 5.75 Å². The number of ether oxygens (including phenoxy) is 1. The predicted molar refractivity (Wildman–Crippen MR) is 65.8 cm³/mol. The van der Waals surface area contributed by atoms with Crippen LogP contribution in [0, 0.1) is 0 Å². The number of aliphatic hydroxyl groups excluding tert-OH is 1. The first-order valence-electron chi connectivity index (χ1n) is 5.63. The van der Waals surface area contributed by atoms with Crippen molar-refractivity contribution in [3.63, 3.8) is 0 Å². The summed E-state index contributed by atoms with van der Waals surface area (Å²) in [4.78, 5) is 0. The van der Waals surface area contributed by atoms with E-state index in [2.05, 4.69) is 19.9 Å². The summed E-state index contributed by atoms with van der Waals surface area (Å²) in [6.07, 6.45) is 0.0386. The Kier molecular flexibility index (Phi) is 4.77. The van der Waals surface area contributed by atoms with E-state index in [9.17, 15) is 5.11 Å². The molecule has 1 unspecified atom stereocenters. The van der Waals surface area contributed by atoms with Crippen LogP contribution in [0.3, 0.4) is 0 Å². The number of hydrogen-bond acceptors (Lipinski definition) is 3. The minimum absolute atomic E-state index is 0.273. The van der Waals surface area contributed by atoms with Gasteiger partial charge in [-0.2, -0.15) is 0 Å². The highest BCUT2D eigenvalue weighted by Crippen LogP contribution is 2.25. The Hall–Kier alpha value is -1.06. The lowest BCUT2D eigenvalue weighted by molar-refractivity contribution is 0.182. The fourth-order valence-corrected chi connectivity index (χ4v) is 1.63. The van der Waals surface area contributed by atoms with Crippen LogP contribution < -0.4 is 10.5 Å². The lowest BCUT2D eigenvalue weighted by atomic mass is 9.98. The largest absolute Gasteiger partial charge is 0.496 e. The topological polar surface area (TPSA) is 55.5 Å². The highest BCUT2D eigenvalue weighted by molar-refractivity contribution is 5.39. The summed E-state index contributed by atoms with van der Waals surface area (Å²) in [7, 11) is 1.65. The number of nitrogens with two attached hydrogens (primary N) is 1. The minimum atomic E-state index is -0.501. The molecule has 1 rings (SSSR count). The zero-order valence-electron chi connectivity index (χ0n) is 10.2. The molecule has 0 aromatic heterocycles. The summed E-state index contributed by atoms with van der Waals surface area (Å²) in [5, 5.41) is 9.53. The summed E-state index contributed by atoms with van der Waals surface area (Å²) in [5.41, 5.74) is 7.64. The third kappa shape index (κ3) is 3.22. The first-order valence-corrected chi connectivity index (χ1v) is 5.63. The van der Waals surface area contributed by atoms with E-state index in [0.29, 0.717) is 12.3 Å². The van der Waals surface area contributed by atoms with Crippen LogP contribution in [0.25, 0.3) is 0 Å². The Balaban J connectivity index is 2.93. The molecule has 0 fully saturated rings. The van der Waals surface area contributed by atoms with Crippen molar-refractivity contribution in [3.8, 4) is 5.75 Å². The van der Waals surface area contributed by atoms with Gasteiger partial charge in [-0.05, 0) is 23.1 Å². The molecular weight excluding hydrogens is 202 g/mol. The highest BCUT2D eigenvalue weighted by atomic mass is 16.5. The second-order valence-corrected chi connectivity index (χ2v) is 4.32. The standard InChI is InChI=1S/C13H21NO2/c1-9(2)10-4-5-11(6-12(15)8-14)13(7-10)16-3/h4-5,7,9,12,15H,6,8,14H2,1-3H3. The van der Waals surface area contributed by atoms with E-state index in [-0.39, 0.29) is 6.54 Å². The first kappa shape index (κ1) is 13.0. The van der Waals surface area contributed by atoms with Gasteiger partial charge in [-0.25, -0.2) is 0 Å². The van der Waals surface area contributed by atoms with Gasteiger partial charge in [0.05, 0.1) is 13.2 Å². The van der Waals surface area contributed by atoms with Crippen molar-refractivity contribution in [2.24, 2.45) is 5.73 Å². The summed E-state index contributed by atoms with van der Waals surface area (Å²) in [5.74, 6) is 1.31. The number of methoxy groups -OCH3 is 1. The van der Waals surface area contributed by atoms with Crippen LogP contribution in [0.2, 0.25) is 0 Å². The van der Waals surface area contributed by atoms with Gasteiger partial charge >= 0.3 is 0 Å². The molecule has 0 aliphatic carbocycles. The molecule has 0 amide bonds. The number of aliphatic hydroxyl groups is 1. The summed E-state index contributed by atoms with van der Waals surface area (Å²) in [6, 6.07) is 6.11. The highest BCUT2D eigenvalue weighted by Gasteiger charge is 2.10. The van der Waals surface area contributed by atoms with Crippen molar-refractivity contribution >= 4 is 0 Å². The molecule has 90 valence electrons. The average molecular weight is 223 g/mol. The molecule has 3 nitrogen and oxygen atoms in total. The summed E-state index contributed by atoms with van der Waals surface area (Å²) < 4.78 is 5.33.